The summed E-state index contributed by atoms with van der Waals surface area (Å²) in [4.78, 5) is 18.1. The zero-order chi connectivity index (χ0) is 18.6. The van der Waals surface area contributed by atoms with Crippen molar-refractivity contribution in [1.82, 2.24) is 14.6 Å². The van der Waals surface area contributed by atoms with Gasteiger partial charge in [0.15, 0.2) is 5.65 Å². The molecule has 0 amide bonds. The molecule has 3 heterocycles. The van der Waals surface area contributed by atoms with Gasteiger partial charge < -0.3 is 9.47 Å². The van der Waals surface area contributed by atoms with Gasteiger partial charge in [-0.05, 0) is 22.6 Å². The summed E-state index contributed by atoms with van der Waals surface area (Å²) < 4.78 is 11.9. The zero-order valence-electron chi connectivity index (χ0n) is 14.8. The Kier molecular flexibility index (Phi) is 5.15. The first-order valence-electron chi connectivity index (χ1n) is 8.57. The Morgan fingerprint density at radius 1 is 1.15 bits per heavy atom. The molecule has 0 aliphatic heterocycles. The molecule has 0 fully saturated rings. The van der Waals surface area contributed by atoms with E-state index in [1.54, 1.807) is 18.4 Å². The number of nitrogens with zero attached hydrogens (tertiary/aromatic N) is 2. The third-order valence-electron chi connectivity index (χ3n) is 4.20. The quantitative estimate of drug-likeness (QED) is 0.497. The third kappa shape index (κ3) is 3.71. The van der Waals surface area contributed by atoms with Gasteiger partial charge in [-0.3, -0.25) is 9.89 Å². The number of methoxy groups -OCH3 is 1. The predicted molar refractivity (Wildman–Crippen MR) is 106 cm³/mol. The highest BCUT2D eigenvalue weighted by Gasteiger charge is 2.13. The van der Waals surface area contributed by atoms with Crippen LogP contribution in [0.2, 0.25) is 0 Å². The van der Waals surface area contributed by atoms with E-state index < -0.39 is 0 Å². The largest absolute Gasteiger partial charge is 0.382 e. The number of benzene rings is 1. The van der Waals surface area contributed by atoms with Gasteiger partial charge in [-0.25, -0.2) is 9.50 Å². The molecule has 27 heavy (non-hydrogen) atoms. The van der Waals surface area contributed by atoms with Crippen molar-refractivity contribution in [3.05, 3.63) is 70.1 Å². The van der Waals surface area contributed by atoms with Gasteiger partial charge in [-0.2, -0.15) is 0 Å². The second-order valence-corrected chi connectivity index (χ2v) is 6.95. The molecule has 138 valence electrons. The summed E-state index contributed by atoms with van der Waals surface area (Å²) in [6, 6.07) is 13.8. The smallest absolute Gasteiger partial charge is 0.272 e. The van der Waals surface area contributed by atoms with Gasteiger partial charge in [0, 0.05) is 24.3 Å². The number of hydrogen-bond acceptors (Lipinski definition) is 5. The number of ether oxygens (including phenoxy) is 2. The molecule has 1 N–H and O–H groups in total. The van der Waals surface area contributed by atoms with Crippen molar-refractivity contribution in [2.75, 3.05) is 20.3 Å². The van der Waals surface area contributed by atoms with E-state index in [2.05, 4.69) is 33.7 Å². The van der Waals surface area contributed by atoms with Crippen LogP contribution in [0.25, 0.3) is 27.2 Å². The number of nitrogens with one attached hydrogen (secondary N) is 1. The van der Waals surface area contributed by atoms with Crippen molar-refractivity contribution in [3.63, 3.8) is 0 Å². The molecule has 4 aromatic rings. The van der Waals surface area contributed by atoms with Crippen LogP contribution < -0.4 is 5.56 Å². The Labute approximate surface area is 160 Å². The van der Waals surface area contributed by atoms with Crippen LogP contribution in [0.15, 0.2) is 58.8 Å². The summed E-state index contributed by atoms with van der Waals surface area (Å²) in [6.07, 6.45) is 1.82. The second kappa shape index (κ2) is 7.87. The highest BCUT2D eigenvalue weighted by atomic mass is 32.1. The Balaban J connectivity index is 1.67. The predicted octanol–water partition coefficient (Wildman–Crippen LogP) is 3.58. The number of rotatable bonds is 7. The number of thiophene rings is 1. The molecule has 3 aromatic heterocycles. The van der Waals surface area contributed by atoms with Gasteiger partial charge in [0.1, 0.15) is 0 Å². The van der Waals surface area contributed by atoms with Crippen molar-refractivity contribution in [3.8, 4) is 21.6 Å². The summed E-state index contributed by atoms with van der Waals surface area (Å²) in [5, 5.41) is 5.11. The zero-order valence-corrected chi connectivity index (χ0v) is 15.7. The maximum atomic E-state index is 12.4. The molecular formula is C20H19N3O3S. The molecule has 0 atom stereocenters. The maximum Gasteiger partial charge on any atom is 0.272 e. The number of fused-ring (bicyclic) bond motifs is 1. The van der Waals surface area contributed by atoms with Crippen LogP contribution in [0, 0.1) is 0 Å². The number of H-pyrrole nitrogens is 1. The van der Waals surface area contributed by atoms with Crippen LogP contribution in [0.5, 0.6) is 0 Å². The molecule has 0 unspecified atom stereocenters. The van der Waals surface area contributed by atoms with Crippen molar-refractivity contribution in [2.45, 2.75) is 6.61 Å². The first-order chi connectivity index (χ1) is 13.3. The minimum atomic E-state index is -0.156. The van der Waals surface area contributed by atoms with E-state index >= 15 is 0 Å². The molecule has 0 aliphatic rings. The van der Waals surface area contributed by atoms with Crippen molar-refractivity contribution < 1.29 is 9.47 Å². The SMILES string of the molecule is COCCOCc1cc(=O)n2[nH]cc(-c3cc(-c4ccccc4)cs3)c2n1. The summed E-state index contributed by atoms with van der Waals surface area (Å²) in [7, 11) is 1.62. The van der Waals surface area contributed by atoms with Crippen LogP contribution >= 0.6 is 11.3 Å². The second-order valence-electron chi connectivity index (χ2n) is 6.04. The van der Waals surface area contributed by atoms with Crippen LogP contribution in [0.3, 0.4) is 0 Å². The average Bonchev–Trinajstić information content (AvgIpc) is 3.33. The fraction of sp³-hybridized carbons (Fsp3) is 0.200. The fourth-order valence-electron chi connectivity index (χ4n) is 2.86. The standard InChI is InChI=1S/C20H19N3O3S/c1-25-7-8-26-12-16-10-19(24)23-20(22-16)17(11-21-23)18-9-15(13-27-18)14-5-3-2-4-6-14/h2-6,9-11,13,21H,7-8,12H2,1H3. The van der Waals surface area contributed by atoms with E-state index in [4.69, 9.17) is 9.47 Å². The van der Waals surface area contributed by atoms with E-state index in [0.29, 0.717) is 24.6 Å². The topological polar surface area (TPSA) is 68.6 Å². The van der Waals surface area contributed by atoms with E-state index in [1.165, 1.54) is 10.6 Å². The minimum Gasteiger partial charge on any atom is -0.382 e. The molecule has 0 aliphatic carbocycles. The summed E-state index contributed by atoms with van der Waals surface area (Å²) >= 11 is 1.63. The normalized spacial score (nSPS) is 11.3. The van der Waals surface area contributed by atoms with E-state index in [1.807, 2.05) is 24.4 Å². The Morgan fingerprint density at radius 2 is 2.00 bits per heavy atom. The first kappa shape index (κ1) is 17.7. The lowest BCUT2D eigenvalue weighted by Gasteiger charge is -2.04. The highest BCUT2D eigenvalue weighted by Crippen LogP contribution is 2.33. The van der Waals surface area contributed by atoms with Gasteiger partial charge in [-0.15, -0.1) is 11.3 Å². The molecule has 0 saturated heterocycles. The van der Waals surface area contributed by atoms with Gasteiger partial charge in [0.05, 0.1) is 31.1 Å². The minimum absolute atomic E-state index is 0.156. The summed E-state index contributed by atoms with van der Waals surface area (Å²) in [5.74, 6) is 0. The van der Waals surface area contributed by atoms with Gasteiger partial charge in [-0.1, -0.05) is 30.3 Å². The Morgan fingerprint density at radius 3 is 2.81 bits per heavy atom. The van der Waals surface area contributed by atoms with E-state index in [-0.39, 0.29) is 12.2 Å². The molecule has 4 rings (SSSR count). The molecule has 6 nitrogen and oxygen atoms in total. The lowest BCUT2D eigenvalue weighted by Crippen LogP contribution is -2.16. The highest BCUT2D eigenvalue weighted by molar-refractivity contribution is 7.14. The number of hydrogen-bond donors (Lipinski definition) is 1. The van der Waals surface area contributed by atoms with Crippen molar-refractivity contribution in [2.24, 2.45) is 0 Å². The van der Waals surface area contributed by atoms with Crippen LogP contribution in [0.4, 0.5) is 0 Å². The first-order valence-corrected chi connectivity index (χ1v) is 9.45. The molecule has 7 heteroatoms. The molecule has 0 spiro atoms. The van der Waals surface area contributed by atoms with Gasteiger partial charge in [0.2, 0.25) is 0 Å². The molecular weight excluding hydrogens is 362 g/mol. The van der Waals surface area contributed by atoms with Gasteiger partial charge in [0.25, 0.3) is 5.56 Å². The lowest BCUT2D eigenvalue weighted by molar-refractivity contribution is 0.0602. The molecule has 0 saturated carbocycles. The van der Waals surface area contributed by atoms with Gasteiger partial charge >= 0.3 is 0 Å². The van der Waals surface area contributed by atoms with Crippen LogP contribution in [-0.2, 0) is 16.1 Å². The van der Waals surface area contributed by atoms with E-state index in [0.717, 1.165) is 21.6 Å². The Hall–Kier alpha value is -2.74. The van der Waals surface area contributed by atoms with E-state index in [9.17, 15) is 4.79 Å². The molecule has 0 bridgehead atoms. The molecule has 0 radical (unpaired) electrons. The molecule has 1 aromatic carbocycles. The van der Waals surface area contributed by atoms with Crippen molar-refractivity contribution >= 4 is 17.0 Å². The Bertz CT molecular complexity index is 1100. The number of aromatic amines is 1. The summed E-state index contributed by atoms with van der Waals surface area (Å²) in [6.45, 7) is 1.25. The monoisotopic (exact) mass is 381 g/mol. The number of aromatic nitrogens is 3. The fourth-order valence-corrected chi connectivity index (χ4v) is 3.79. The summed E-state index contributed by atoms with van der Waals surface area (Å²) in [5.41, 5.74) is 4.27. The average molecular weight is 381 g/mol. The van der Waals surface area contributed by atoms with Crippen LogP contribution in [-0.4, -0.2) is 34.9 Å². The van der Waals surface area contributed by atoms with Crippen molar-refractivity contribution in [1.29, 1.82) is 0 Å². The lowest BCUT2D eigenvalue weighted by atomic mass is 10.1. The maximum absolute atomic E-state index is 12.4. The third-order valence-corrected chi connectivity index (χ3v) is 5.17. The van der Waals surface area contributed by atoms with Crippen LogP contribution in [0.1, 0.15) is 5.69 Å².